The zero-order valence-corrected chi connectivity index (χ0v) is 17.1. The van der Waals surface area contributed by atoms with Gasteiger partial charge in [0.05, 0.1) is 18.6 Å². The number of nitrogens with one attached hydrogen (secondary N) is 1. The Labute approximate surface area is 175 Å². The maximum Gasteiger partial charge on any atom is 0.256 e. The fraction of sp³-hybridized carbons (Fsp3) is 0.522. The van der Waals surface area contributed by atoms with Gasteiger partial charge in [-0.25, -0.2) is 0 Å². The van der Waals surface area contributed by atoms with Crippen LogP contribution in [0.25, 0.3) is 6.08 Å². The summed E-state index contributed by atoms with van der Waals surface area (Å²) >= 11 is 0. The Morgan fingerprint density at radius 2 is 1.90 bits per heavy atom. The number of fused-ring (bicyclic) bond motifs is 2. The second-order valence-electron chi connectivity index (χ2n) is 8.57. The topological polar surface area (TPSA) is 107 Å². The Balaban J connectivity index is 1.31. The molecule has 1 aromatic carbocycles. The fourth-order valence-corrected chi connectivity index (χ4v) is 5.03. The number of nitrogens with zero attached hydrogens (tertiary/aromatic N) is 1. The number of benzene rings is 1. The third-order valence-electron chi connectivity index (χ3n) is 6.78. The summed E-state index contributed by atoms with van der Waals surface area (Å²) in [7, 11) is 0. The first kappa shape index (κ1) is 20.8. The number of hydrogen-bond acceptors (Lipinski definition) is 5. The van der Waals surface area contributed by atoms with Crippen molar-refractivity contribution in [3.05, 3.63) is 41.0 Å². The smallest absolute Gasteiger partial charge is 0.256 e. The highest BCUT2D eigenvalue weighted by atomic mass is 16.3. The molecule has 7 nitrogen and oxygen atoms in total. The van der Waals surface area contributed by atoms with E-state index in [0.717, 1.165) is 12.0 Å². The van der Waals surface area contributed by atoms with Crippen LogP contribution < -0.4 is 5.32 Å². The molecule has 0 radical (unpaired) electrons. The number of rotatable bonds is 6. The fourth-order valence-electron chi connectivity index (χ4n) is 5.03. The van der Waals surface area contributed by atoms with E-state index in [9.17, 15) is 24.6 Å². The molecule has 4 rings (SSSR count). The van der Waals surface area contributed by atoms with Crippen molar-refractivity contribution >= 4 is 23.8 Å². The summed E-state index contributed by atoms with van der Waals surface area (Å²) in [6.07, 6.45) is 2.41. The first-order chi connectivity index (χ1) is 14.4. The summed E-state index contributed by atoms with van der Waals surface area (Å²) in [6.45, 7) is 2.38. The lowest BCUT2D eigenvalue weighted by molar-refractivity contribution is -0.138. The number of aliphatic hydroxyl groups is 2. The van der Waals surface area contributed by atoms with Crippen LogP contribution in [-0.4, -0.2) is 58.1 Å². The predicted molar refractivity (Wildman–Crippen MR) is 110 cm³/mol. The van der Waals surface area contributed by atoms with E-state index in [0.29, 0.717) is 18.4 Å². The largest absolute Gasteiger partial charge is 0.390 e. The number of carbonyl (C=O) groups is 3. The summed E-state index contributed by atoms with van der Waals surface area (Å²) < 4.78 is 0. The molecule has 1 saturated heterocycles. The van der Waals surface area contributed by atoms with Crippen molar-refractivity contribution < 1.29 is 24.6 Å². The van der Waals surface area contributed by atoms with Crippen LogP contribution in [0.3, 0.4) is 0 Å². The maximum atomic E-state index is 12.6. The molecule has 0 unspecified atom stereocenters. The van der Waals surface area contributed by atoms with Gasteiger partial charge in [0.1, 0.15) is 0 Å². The van der Waals surface area contributed by atoms with Crippen molar-refractivity contribution in [3.8, 4) is 0 Å². The highest BCUT2D eigenvalue weighted by Gasteiger charge is 2.53. The Kier molecular flexibility index (Phi) is 5.75. The number of imide groups is 1. The van der Waals surface area contributed by atoms with Gasteiger partial charge in [0.25, 0.3) is 5.91 Å². The average molecular weight is 412 g/mol. The van der Waals surface area contributed by atoms with Gasteiger partial charge in [-0.3, -0.25) is 19.3 Å². The second-order valence-corrected chi connectivity index (χ2v) is 8.57. The summed E-state index contributed by atoms with van der Waals surface area (Å²) in [5, 5.41) is 22.7. The predicted octanol–water partition coefficient (Wildman–Crippen LogP) is 0.885. The number of likely N-dealkylation sites (tertiary alicyclic amines) is 1. The van der Waals surface area contributed by atoms with Crippen LogP contribution in [0.5, 0.6) is 0 Å². The molecular formula is C23H28N2O5. The van der Waals surface area contributed by atoms with Gasteiger partial charge in [0, 0.05) is 24.6 Å². The van der Waals surface area contributed by atoms with Crippen molar-refractivity contribution in [1.82, 2.24) is 10.2 Å². The first-order valence-corrected chi connectivity index (χ1v) is 10.7. The minimum absolute atomic E-state index is 0.0263. The van der Waals surface area contributed by atoms with Crippen molar-refractivity contribution in [2.24, 2.45) is 17.8 Å². The van der Waals surface area contributed by atoms with E-state index in [1.807, 2.05) is 24.3 Å². The van der Waals surface area contributed by atoms with Crippen LogP contribution in [0, 0.1) is 17.8 Å². The number of aryl methyl sites for hydroxylation is 1. The van der Waals surface area contributed by atoms with Crippen molar-refractivity contribution in [1.29, 1.82) is 0 Å². The second kappa shape index (κ2) is 8.32. The Morgan fingerprint density at radius 1 is 1.17 bits per heavy atom. The van der Waals surface area contributed by atoms with E-state index in [2.05, 4.69) is 12.2 Å². The van der Waals surface area contributed by atoms with Crippen LogP contribution in [0.2, 0.25) is 0 Å². The Hall–Kier alpha value is -2.51. The molecule has 2 saturated carbocycles. The normalized spacial score (nSPS) is 31.8. The lowest BCUT2D eigenvalue weighted by Gasteiger charge is -2.29. The Bertz CT molecular complexity index is 876. The molecule has 30 heavy (non-hydrogen) atoms. The highest BCUT2D eigenvalue weighted by Crippen LogP contribution is 2.48. The van der Waals surface area contributed by atoms with E-state index in [1.54, 1.807) is 6.08 Å². The highest BCUT2D eigenvalue weighted by molar-refractivity contribution is 6.15. The maximum absolute atomic E-state index is 12.6. The standard InChI is InChI=1S/C23H28N2O5/c1-2-13-3-5-14(6-4-13)9-16-12-19(26)25(23(16)30)8-7-24-22(29)18-11-15-10-17(18)21(28)20(15)27/h3-6,9,15,17-18,20-21,27-28H,2,7-8,10-12H2,1H3,(H,24,29)/b16-9+/t15-,17+,18-,20-,21+/m0/s1. The van der Waals surface area contributed by atoms with Crippen molar-refractivity contribution in [2.75, 3.05) is 13.1 Å². The summed E-state index contributed by atoms with van der Waals surface area (Å²) in [6, 6.07) is 7.89. The number of hydrogen-bond donors (Lipinski definition) is 3. The van der Waals surface area contributed by atoms with Crippen LogP contribution >= 0.6 is 0 Å². The molecule has 7 heteroatoms. The number of carbonyl (C=O) groups excluding carboxylic acids is 3. The van der Waals surface area contributed by atoms with Gasteiger partial charge < -0.3 is 15.5 Å². The van der Waals surface area contributed by atoms with E-state index >= 15 is 0 Å². The molecule has 160 valence electrons. The van der Waals surface area contributed by atoms with Crippen molar-refractivity contribution in [3.63, 3.8) is 0 Å². The van der Waals surface area contributed by atoms with Crippen LogP contribution in [0.15, 0.2) is 29.8 Å². The molecule has 2 aliphatic carbocycles. The number of aliphatic hydroxyl groups excluding tert-OH is 2. The minimum Gasteiger partial charge on any atom is -0.390 e. The third-order valence-corrected chi connectivity index (χ3v) is 6.78. The molecule has 0 aromatic heterocycles. The summed E-state index contributed by atoms with van der Waals surface area (Å²) in [5.41, 5.74) is 2.55. The summed E-state index contributed by atoms with van der Waals surface area (Å²) in [5.74, 6) is -1.31. The van der Waals surface area contributed by atoms with Gasteiger partial charge in [0.2, 0.25) is 11.8 Å². The van der Waals surface area contributed by atoms with Gasteiger partial charge in [-0.1, -0.05) is 31.2 Å². The van der Waals surface area contributed by atoms with E-state index in [1.165, 1.54) is 10.5 Å². The van der Waals surface area contributed by atoms with Gasteiger partial charge in [-0.15, -0.1) is 0 Å². The average Bonchev–Trinajstić information content (AvgIpc) is 3.38. The molecule has 3 fully saturated rings. The van der Waals surface area contributed by atoms with Gasteiger partial charge >= 0.3 is 0 Å². The van der Waals surface area contributed by atoms with Crippen LogP contribution in [0.1, 0.15) is 37.3 Å². The molecule has 1 aromatic rings. The molecule has 2 bridgehead atoms. The first-order valence-electron chi connectivity index (χ1n) is 10.7. The summed E-state index contributed by atoms with van der Waals surface area (Å²) in [4.78, 5) is 38.6. The minimum atomic E-state index is -0.847. The molecule has 1 heterocycles. The lowest BCUT2D eigenvalue weighted by atomic mass is 9.84. The number of amides is 3. The van der Waals surface area contributed by atoms with Crippen molar-refractivity contribution in [2.45, 2.75) is 44.8 Å². The van der Waals surface area contributed by atoms with Gasteiger partial charge in [-0.2, -0.15) is 0 Å². The van der Waals surface area contributed by atoms with Gasteiger partial charge in [0.15, 0.2) is 0 Å². The molecule has 1 aliphatic heterocycles. The quantitative estimate of drug-likeness (QED) is 0.475. The van der Waals surface area contributed by atoms with E-state index in [-0.39, 0.29) is 55.0 Å². The zero-order chi connectivity index (χ0) is 21.4. The SMILES string of the molecule is CCc1ccc(/C=C2\CC(=O)N(CCNC(=O)[C@H]3C[C@@H]4C[C@H]3[C@@H](O)[C@H]4O)C2=O)cc1. The van der Waals surface area contributed by atoms with E-state index < -0.39 is 12.2 Å². The molecular weight excluding hydrogens is 384 g/mol. The third kappa shape index (κ3) is 3.79. The monoisotopic (exact) mass is 412 g/mol. The zero-order valence-electron chi connectivity index (χ0n) is 17.1. The molecule has 0 spiro atoms. The molecule has 5 atom stereocenters. The molecule has 3 aliphatic rings. The Morgan fingerprint density at radius 3 is 2.53 bits per heavy atom. The van der Waals surface area contributed by atoms with Crippen LogP contribution in [0.4, 0.5) is 0 Å². The molecule has 3 amide bonds. The van der Waals surface area contributed by atoms with Gasteiger partial charge in [-0.05, 0) is 48.3 Å². The lowest BCUT2D eigenvalue weighted by Crippen LogP contribution is -2.45. The van der Waals surface area contributed by atoms with E-state index in [4.69, 9.17) is 0 Å². The van der Waals surface area contributed by atoms with Crippen LogP contribution in [-0.2, 0) is 20.8 Å². The molecule has 3 N–H and O–H groups in total.